The molecule has 5 rings (SSSR count). The van der Waals surface area contributed by atoms with Gasteiger partial charge in [-0.05, 0) is 65.3 Å². The van der Waals surface area contributed by atoms with Gasteiger partial charge in [0, 0.05) is 24.1 Å². The second kappa shape index (κ2) is 9.25. The molecule has 0 heterocycles. The van der Waals surface area contributed by atoms with Crippen molar-refractivity contribution < 1.29 is 24.2 Å². The van der Waals surface area contributed by atoms with Crippen LogP contribution in [0.5, 0.6) is 0 Å². The molecule has 2 amide bonds. The van der Waals surface area contributed by atoms with Gasteiger partial charge in [-0.25, -0.2) is 9.59 Å². The first kappa shape index (κ1) is 22.7. The number of rotatable bonds is 7. The standard InChI is InChI=1S/C28H26N2O5/c1-16-12-17(27(32)33)10-11-25(16)30-26(31)23-13-18(23)14-29-28(34)35-15-24-21-8-4-2-6-19(21)20-7-3-5-9-22(20)24/h2-12,18,23-24H,13-15H2,1H3,(H,29,34)(H,30,31)(H,32,33)/t18-,23-/m1/s1. The van der Waals surface area contributed by atoms with Crippen LogP contribution in [0.15, 0.2) is 66.7 Å². The van der Waals surface area contributed by atoms with Crippen molar-refractivity contribution in [2.24, 2.45) is 11.8 Å². The second-order valence-electron chi connectivity index (χ2n) is 9.13. The first-order valence-electron chi connectivity index (χ1n) is 11.7. The topological polar surface area (TPSA) is 105 Å². The number of aryl methyl sites for hydroxylation is 1. The third-order valence-corrected chi connectivity index (χ3v) is 6.84. The van der Waals surface area contributed by atoms with E-state index in [1.54, 1.807) is 13.0 Å². The molecule has 1 fully saturated rings. The lowest BCUT2D eigenvalue weighted by atomic mass is 9.98. The number of fused-ring (bicyclic) bond motifs is 3. The van der Waals surface area contributed by atoms with E-state index in [1.165, 1.54) is 23.3 Å². The first-order chi connectivity index (χ1) is 16.9. The van der Waals surface area contributed by atoms with Crippen LogP contribution in [-0.2, 0) is 9.53 Å². The molecule has 0 aliphatic heterocycles. The molecule has 3 N–H and O–H groups in total. The molecule has 1 saturated carbocycles. The number of alkyl carbamates (subject to hydrolysis) is 1. The van der Waals surface area contributed by atoms with E-state index in [0.717, 1.165) is 11.1 Å². The zero-order valence-corrected chi connectivity index (χ0v) is 19.3. The highest BCUT2D eigenvalue weighted by Crippen LogP contribution is 2.44. The van der Waals surface area contributed by atoms with Crippen LogP contribution >= 0.6 is 0 Å². The molecule has 7 heteroatoms. The molecule has 7 nitrogen and oxygen atoms in total. The molecular weight excluding hydrogens is 444 g/mol. The second-order valence-corrected chi connectivity index (χ2v) is 9.13. The third kappa shape index (κ3) is 4.62. The van der Waals surface area contributed by atoms with Gasteiger partial charge in [-0.15, -0.1) is 0 Å². The molecule has 0 unspecified atom stereocenters. The number of nitrogens with one attached hydrogen (secondary N) is 2. The number of carboxylic acid groups (broad SMARTS) is 1. The number of hydrogen-bond donors (Lipinski definition) is 3. The summed E-state index contributed by atoms with van der Waals surface area (Å²) in [4.78, 5) is 36.0. The van der Waals surface area contributed by atoms with Gasteiger partial charge in [0.15, 0.2) is 0 Å². The lowest BCUT2D eigenvalue weighted by Gasteiger charge is -2.14. The van der Waals surface area contributed by atoms with Gasteiger partial charge in [0.05, 0.1) is 5.56 Å². The summed E-state index contributed by atoms with van der Waals surface area (Å²) in [6.07, 6.45) is 0.194. The number of benzene rings is 3. The van der Waals surface area contributed by atoms with Crippen LogP contribution in [0.1, 0.15) is 39.4 Å². The molecule has 2 aliphatic rings. The number of carbonyl (C=O) groups is 3. The first-order valence-corrected chi connectivity index (χ1v) is 11.7. The van der Waals surface area contributed by atoms with Gasteiger partial charge in [0.2, 0.25) is 5.91 Å². The Hall–Kier alpha value is -4.13. The minimum absolute atomic E-state index is 0.00311. The molecule has 0 bridgehead atoms. The Labute approximate surface area is 203 Å². The summed E-state index contributed by atoms with van der Waals surface area (Å²) in [7, 11) is 0. The quantitative estimate of drug-likeness (QED) is 0.460. The van der Waals surface area contributed by atoms with Gasteiger partial charge >= 0.3 is 12.1 Å². The summed E-state index contributed by atoms with van der Waals surface area (Å²) in [5.74, 6) is -1.28. The van der Waals surface area contributed by atoms with Gasteiger partial charge in [0.25, 0.3) is 0 Å². The van der Waals surface area contributed by atoms with E-state index in [1.807, 2.05) is 24.3 Å². The van der Waals surface area contributed by atoms with Crippen molar-refractivity contribution in [1.29, 1.82) is 0 Å². The van der Waals surface area contributed by atoms with Crippen molar-refractivity contribution in [3.8, 4) is 11.1 Å². The van der Waals surface area contributed by atoms with Crippen LogP contribution in [0.2, 0.25) is 0 Å². The van der Waals surface area contributed by atoms with E-state index in [2.05, 4.69) is 34.9 Å². The van der Waals surface area contributed by atoms with Crippen molar-refractivity contribution in [1.82, 2.24) is 5.32 Å². The number of anilines is 1. The minimum atomic E-state index is -1.01. The van der Waals surface area contributed by atoms with Crippen LogP contribution in [-0.4, -0.2) is 36.2 Å². The Bertz CT molecular complexity index is 1270. The van der Waals surface area contributed by atoms with E-state index in [4.69, 9.17) is 9.84 Å². The molecule has 3 aromatic rings. The van der Waals surface area contributed by atoms with E-state index >= 15 is 0 Å². The van der Waals surface area contributed by atoms with Crippen LogP contribution in [0, 0.1) is 18.8 Å². The lowest BCUT2D eigenvalue weighted by molar-refractivity contribution is -0.117. The van der Waals surface area contributed by atoms with E-state index < -0.39 is 12.1 Å². The molecule has 2 atom stereocenters. The number of amides is 2. The van der Waals surface area contributed by atoms with Crippen molar-refractivity contribution >= 4 is 23.7 Å². The van der Waals surface area contributed by atoms with Crippen LogP contribution < -0.4 is 10.6 Å². The molecular formula is C28H26N2O5. The van der Waals surface area contributed by atoms with Gasteiger partial charge in [0.1, 0.15) is 6.61 Å². The fourth-order valence-corrected chi connectivity index (χ4v) is 4.82. The minimum Gasteiger partial charge on any atom is -0.478 e. The van der Waals surface area contributed by atoms with Crippen molar-refractivity contribution in [3.05, 3.63) is 89.0 Å². The van der Waals surface area contributed by atoms with Crippen LogP contribution in [0.4, 0.5) is 10.5 Å². The largest absolute Gasteiger partial charge is 0.478 e. The average molecular weight is 471 g/mol. The smallest absolute Gasteiger partial charge is 0.407 e. The predicted octanol–water partition coefficient (Wildman–Crippen LogP) is 4.81. The monoisotopic (exact) mass is 470 g/mol. The van der Waals surface area contributed by atoms with Crippen LogP contribution in [0.3, 0.4) is 0 Å². The molecule has 0 saturated heterocycles. The van der Waals surface area contributed by atoms with Gasteiger partial charge < -0.3 is 20.5 Å². The maximum atomic E-state index is 12.6. The van der Waals surface area contributed by atoms with E-state index in [-0.39, 0.29) is 35.8 Å². The fraction of sp³-hybridized carbons (Fsp3) is 0.250. The molecule has 0 aromatic heterocycles. The van der Waals surface area contributed by atoms with Crippen molar-refractivity contribution in [2.45, 2.75) is 19.3 Å². The highest BCUT2D eigenvalue weighted by atomic mass is 16.5. The normalized spacial score (nSPS) is 17.7. The zero-order valence-electron chi connectivity index (χ0n) is 19.3. The lowest BCUT2D eigenvalue weighted by Crippen LogP contribution is -2.29. The Balaban J connectivity index is 1.10. The molecule has 2 aliphatic carbocycles. The zero-order chi connectivity index (χ0) is 24.5. The molecule has 178 valence electrons. The summed E-state index contributed by atoms with van der Waals surface area (Å²) in [6.45, 7) is 2.37. The number of carbonyl (C=O) groups excluding carboxylic acids is 2. The Morgan fingerprint density at radius 3 is 2.26 bits per heavy atom. The van der Waals surface area contributed by atoms with Gasteiger partial charge in [-0.1, -0.05) is 48.5 Å². The van der Waals surface area contributed by atoms with E-state index in [9.17, 15) is 14.4 Å². The Morgan fingerprint density at radius 2 is 1.63 bits per heavy atom. The summed E-state index contributed by atoms with van der Waals surface area (Å²) in [5, 5.41) is 14.7. The number of carboxylic acids is 1. The van der Waals surface area contributed by atoms with Crippen molar-refractivity contribution in [3.63, 3.8) is 0 Å². The number of aromatic carboxylic acids is 1. The summed E-state index contributed by atoms with van der Waals surface area (Å²) < 4.78 is 5.56. The highest BCUT2D eigenvalue weighted by molar-refractivity contribution is 5.96. The summed E-state index contributed by atoms with van der Waals surface area (Å²) in [6, 6.07) is 21.0. The molecule has 0 spiro atoms. The maximum absolute atomic E-state index is 12.6. The SMILES string of the molecule is Cc1cc(C(=O)O)ccc1NC(=O)[C@@H]1C[C@@H]1CNC(=O)OCC1c2ccccc2-c2ccccc21. The molecule has 35 heavy (non-hydrogen) atoms. The molecule has 3 aromatic carbocycles. The molecule has 0 radical (unpaired) electrons. The summed E-state index contributed by atoms with van der Waals surface area (Å²) in [5.41, 5.74) is 6.13. The number of ether oxygens (including phenoxy) is 1. The van der Waals surface area contributed by atoms with Crippen molar-refractivity contribution in [2.75, 3.05) is 18.5 Å². The van der Waals surface area contributed by atoms with Gasteiger partial charge in [-0.3, -0.25) is 4.79 Å². The third-order valence-electron chi connectivity index (χ3n) is 6.84. The Morgan fingerprint density at radius 1 is 0.971 bits per heavy atom. The fourth-order valence-electron chi connectivity index (χ4n) is 4.82. The maximum Gasteiger partial charge on any atom is 0.407 e. The highest BCUT2D eigenvalue weighted by Gasteiger charge is 2.43. The van der Waals surface area contributed by atoms with E-state index in [0.29, 0.717) is 24.2 Å². The van der Waals surface area contributed by atoms with Gasteiger partial charge in [-0.2, -0.15) is 0 Å². The summed E-state index contributed by atoms with van der Waals surface area (Å²) >= 11 is 0. The van der Waals surface area contributed by atoms with Crippen LogP contribution in [0.25, 0.3) is 11.1 Å². The predicted molar refractivity (Wildman–Crippen MR) is 131 cm³/mol. The number of hydrogen-bond acceptors (Lipinski definition) is 4. The average Bonchev–Trinajstić information content (AvgIpc) is 3.58. The Kier molecular flexibility index (Phi) is 5.99.